The predicted octanol–water partition coefficient (Wildman–Crippen LogP) is 4.89. The summed E-state index contributed by atoms with van der Waals surface area (Å²) in [6, 6.07) is 11.7. The molecule has 2 unspecified atom stereocenters. The van der Waals surface area contributed by atoms with Crippen molar-refractivity contribution in [3.8, 4) is 5.75 Å². The third kappa shape index (κ3) is 4.86. The average molecular weight is 374 g/mol. The van der Waals surface area contributed by atoms with E-state index in [9.17, 15) is 4.79 Å². The van der Waals surface area contributed by atoms with E-state index in [0.717, 1.165) is 22.7 Å². The highest BCUT2D eigenvalue weighted by Gasteiger charge is 2.24. The minimum absolute atomic E-state index is 0.00124. The van der Waals surface area contributed by atoms with Gasteiger partial charge in [-0.15, -0.1) is 11.3 Å². The van der Waals surface area contributed by atoms with Gasteiger partial charge < -0.3 is 14.4 Å². The molecule has 26 heavy (non-hydrogen) atoms. The van der Waals surface area contributed by atoms with E-state index in [-0.39, 0.29) is 18.6 Å². The molecule has 3 rings (SSSR count). The first-order valence-corrected chi connectivity index (χ1v) is 10.1. The maximum atomic E-state index is 12.9. The van der Waals surface area contributed by atoms with Gasteiger partial charge in [-0.3, -0.25) is 4.79 Å². The molecule has 0 bridgehead atoms. The lowest BCUT2D eigenvalue weighted by Gasteiger charge is -2.30. The summed E-state index contributed by atoms with van der Waals surface area (Å²) in [6.07, 6.45) is 4.91. The highest BCUT2D eigenvalue weighted by Crippen LogP contribution is 2.27. The number of hydrogen-bond acceptors (Lipinski definition) is 4. The number of methoxy groups -OCH3 is 1. The molecule has 0 saturated heterocycles. The second-order valence-electron chi connectivity index (χ2n) is 6.87. The van der Waals surface area contributed by atoms with Crippen molar-refractivity contribution in [1.82, 2.24) is 0 Å². The van der Waals surface area contributed by atoms with Gasteiger partial charge in [0.1, 0.15) is 12.4 Å². The molecule has 2 aromatic rings. The number of carbonyl (C=O) groups is 1. The molecule has 0 radical (unpaired) electrons. The maximum absolute atomic E-state index is 12.9. The smallest absolute Gasteiger partial charge is 0.253 e. The van der Waals surface area contributed by atoms with Crippen molar-refractivity contribution in [2.75, 3.05) is 18.6 Å². The number of anilines is 1. The SMILES string of the molecule is COc1ccc(N(Cc2cccs2)C(=O)COC2CCCCC2C)cc1. The molecule has 0 spiro atoms. The molecular weight excluding hydrogens is 346 g/mol. The number of benzene rings is 1. The van der Waals surface area contributed by atoms with Gasteiger partial charge in [0, 0.05) is 10.6 Å². The molecule has 4 nitrogen and oxygen atoms in total. The van der Waals surface area contributed by atoms with Crippen molar-refractivity contribution in [1.29, 1.82) is 0 Å². The Bertz CT molecular complexity index is 684. The highest BCUT2D eigenvalue weighted by atomic mass is 32.1. The zero-order chi connectivity index (χ0) is 18.4. The van der Waals surface area contributed by atoms with E-state index in [2.05, 4.69) is 13.0 Å². The van der Waals surface area contributed by atoms with Crippen LogP contribution in [-0.4, -0.2) is 25.7 Å². The lowest BCUT2D eigenvalue weighted by molar-refractivity contribution is -0.127. The van der Waals surface area contributed by atoms with Crippen molar-refractivity contribution in [2.45, 2.75) is 45.3 Å². The van der Waals surface area contributed by atoms with Gasteiger partial charge in [0.05, 0.1) is 19.8 Å². The van der Waals surface area contributed by atoms with Gasteiger partial charge >= 0.3 is 0 Å². The second-order valence-corrected chi connectivity index (χ2v) is 7.90. The molecule has 140 valence electrons. The van der Waals surface area contributed by atoms with Crippen LogP contribution in [0.2, 0.25) is 0 Å². The Morgan fingerprint density at radius 3 is 2.62 bits per heavy atom. The lowest BCUT2D eigenvalue weighted by Crippen LogP contribution is -2.36. The summed E-state index contributed by atoms with van der Waals surface area (Å²) in [5.41, 5.74) is 0.865. The zero-order valence-electron chi connectivity index (χ0n) is 15.5. The average Bonchev–Trinajstić information content (AvgIpc) is 3.19. The first kappa shape index (κ1) is 18.9. The van der Waals surface area contributed by atoms with Gasteiger partial charge in [0.25, 0.3) is 5.91 Å². The summed E-state index contributed by atoms with van der Waals surface area (Å²) in [7, 11) is 1.64. The molecule has 0 aliphatic heterocycles. The predicted molar refractivity (Wildman–Crippen MR) is 106 cm³/mol. The van der Waals surface area contributed by atoms with E-state index in [1.807, 2.05) is 35.7 Å². The minimum Gasteiger partial charge on any atom is -0.497 e. The van der Waals surface area contributed by atoms with E-state index in [1.54, 1.807) is 23.3 Å². The number of ether oxygens (including phenoxy) is 2. The molecule has 1 aliphatic carbocycles. The standard InChI is InChI=1S/C21H27NO3S/c1-16-6-3-4-8-20(16)25-15-21(23)22(14-19-7-5-13-26-19)17-9-11-18(24-2)12-10-17/h5,7,9-13,16,20H,3-4,6,8,14-15H2,1-2H3. The summed E-state index contributed by atoms with van der Waals surface area (Å²) in [6.45, 7) is 2.92. The summed E-state index contributed by atoms with van der Waals surface area (Å²) < 4.78 is 11.2. The van der Waals surface area contributed by atoms with Crippen LogP contribution < -0.4 is 9.64 Å². The Hall–Kier alpha value is -1.85. The van der Waals surface area contributed by atoms with Gasteiger partial charge in [-0.1, -0.05) is 25.8 Å². The topological polar surface area (TPSA) is 38.8 Å². The van der Waals surface area contributed by atoms with Gasteiger partial charge in [-0.2, -0.15) is 0 Å². The molecule has 1 aliphatic rings. The van der Waals surface area contributed by atoms with E-state index in [4.69, 9.17) is 9.47 Å². The van der Waals surface area contributed by atoms with Gasteiger partial charge in [0.2, 0.25) is 0 Å². The van der Waals surface area contributed by atoms with Crippen molar-refractivity contribution >= 4 is 22.9 Å². The zero-order valence-corrected chi connectivity index (χ0v) is 16.3. The van der Waals surface area contributed by atoms with E-state index in [1.165, 1.54) is 19.3 Å². The van der Waals surface area contributed by atoms with E-state index >= 15 is 0 Å². The lowest BCUT2D eigenvalue weighted by atomic mass is 9.88. The highest BCUT2D eigenvalue weighted by molar-refractivity contribution is 7.09. The molecule has 0 N–H and O–H groups in total. The summed E-state index contributed by atoms with van der Waals surface area (Å²) in [4.78, 5) is 15.9. The van der Waals surface area contributed by atoms with Crippen molar-refractivity contribution in [3.63, 3.8) is 0 Å². The number of thiophene rings is 1. The van der Waals surface area contributed by atoms with Crippen molar-refractivity contribution < 1.29 is 14.3 Å². The number of rotatable bonds is 7. The molecule has 1 aromatic heterocycles. The van der Waals surface area contributed by atoms with Crippen LogP contribution >= 0.6 is 11.3 Å². The fraction of sp³-hybridized carbons (Fsp3) is 0.476. The summed E-state index contributed by atoms with van der Waals surface area (Å²) >= 11 is 1.66. The van der Waals surface area contributed by atoms with Gasteiger partial charge in [-0.25, -0.2) is 0 Å². The maximum Gasteiger partial charge on any atom is 0.253 e. The van der Waals surface area contributed by atoms with Crippen molar-refractivity contribution in [3.05, 3.63) is 46.7 Å². The fourth-order valence-electron chi connectivity index (χ4n) is 3.43. The molecule has 1 fully saturated rings. The van der Waals surface area contributed by atoms with Crippen LogP contribution in [0.25, 0.3) is 0 Å². The quantitative estimate of drug-likeness (QED) is 0.694. The molecule has 5 heteroatoms. The van der Waals surface area contributed by atoms with Crippen molar-refractivity contribution in [2.24, 2.45) is 5.92 Å². The Morgan fingerprint density at radius 1 is 1.19 bits per heavy atom. The normalized spacial score (nSPS) is 19.9. The van der Waals surface area contributed by atoms with Crippen LogP contribution in [-0.2, 0) is 16.1 Å². The van der Waals surface area contributed by atoms with Gasteiger partial charge in [0.15, 0.2) is 0 Å². The molecule has 1 heterocycles. The van der Waals surface area contributed by atoms with Crippen LogP contribution in [0.15, 0.2) is 41.8 Å². The first-order chi connectivity index (χ1) is 12.7. The van der Waals surface area contributed by atoms with Crippen LogP contribution in [0.3, 0.4) is 0 Å². The van der Waals surface area contributed by atoms with E-state index < -0.39 is 0 Å². The third-order valence-electron chi connectivity index (χ3n) is 5.03. The van der Waals surface area contributed by atoms with Crippen LogP contribution in [0.4, 0.5) is 5.69 Å². The Labute approximate surface area is 159 Å². The van der Waals surface area contributed by atoms with Crippen LogP contribution in [0.5, 0.6) is 5.75 Å². The number of hydrogen-bond donors (Lipinski definition) is 0. The number of nitrogens with zero attached hydrogens (tertiary/aromatic N) is 1. The number of carbonyl (C=O) groups excluding carboxylic acids is 1. The summed E-state index contributed by atoms with van der Waals surface area (Å²) in [5.74, 6) is 1.31. The Morgan fingerprint density at radius 2 is 1.96 bits per heavy atom. The van der Waals surface area contributed by atoms with Crippen LogP contribution in [0.1, 0.15) is 37.5 Å². The Balaban J connectivity index is 1.70. The molecule has 1 saturated carbocycles. The fourth-order valence-corrected chi connectivity index (χ4v) is 4.12. The minimum atomic E-state index is 0.00124. The van der Waals surface area contributed by atoms with Crippen LogP contribution in [0, 0.1) is 5.92 Å². The monoisotopic (exact) mass is 373 g/mol. The van der Waals surface area contributed by atoms with E-state index in [0.29, 0.717) is 12.5 Å². The largest absolute Gasteiger partial charge is 0.497 e. The molecule has 1 amide bonds. The van der Waals surface area contributed by atoms with Gasteiger partial charge in [-0.05, 0) is 54.5 Å². The Kier molecular flexibility index (Phi) is 6.69. The first-order valence-electron chi connectivity index (χ1n) is 9.26. The molecular formula is C21H27NO3S. The number of amides is 1. The second kappa shape index (κ2) is 9.19. The third-order valence-corrected chi connectivity index (χ3v) is 5.89. The molecule has 1 aromatic carbocycles. The molecule has 2 atom stereocenters. The summed E-state index contributed by atoms with van der Waals surface area (Å²) in [5, 5.41) is 2.03.